The van der Waals surface area contributed by atoms with Crippen LogP contribution in [0.1, 0.15) is 122 Å². The maximum absolute atomic E-state index is 8.87. The zero-order valence-electron chi connectivity index (χ0n) is 21.3. The van der Waals surface area contributed by atoms with Crippen LogP contribution in [0, 0.1) is 5.92 Å². The number of benzene rings is 1. The molecule has 186 valence electrons. The van der Waals surface area contributed by atoms with Crippen molar-refractivity contribution in [2.24, 2.45) is 5.92 Å². The van der Waals surface area contributed by atoms with Crippen LogP contribution in [0.2, 0.25) is 0 Å². The molecule has 0 aliphatic carbocycles. The molecule has 1 atom stereocenters. The maximum Gasteiger partial charge on any atom is 0.118 e. The Morgan fingerprint density at radius 2 is 1.22 bits per heavy atom. The van der Waals surface area contributed by atoms with E-state index in [9.17, 15) is 0 Å². The maximum atomic E-state index is 8.87. The molecule has 0 saturated heterocycles. The summed E-state index contributed by atoms with van der Waals surface area (Å²) in [6.45, 7) is 4.20. The van der Waals surface area contributed by atoms with Crippen molar-refractivity contribution < 1.29 is 14.6 Å². The molecule has 0 aromatic heterocycles. The number of methoxy groups -OCH3 is 1. The number of aliphatic hydroxyl groups is 1. The summed E-state index contributed by atoms with van der Waals surface area (Å²) in [7, 11) is 1.70. The minimum absolute atomic E-state index is 0.348. The largest absolute Gasteiger partial charge is 0.497 e. The second-order valence-electron chi connectivity index (χ2n) is 9.45. The SMILES string of the molecule is CCCCCCCCCC(CCCCCCCCCO)CCOCc1ccc(OC)cc1. The highest BCUT2D eigenvalue weighted by molar-refractivity contribution is 5.26. The van der Waals surface area contributed by atoms with E-state index in [-0.39, 0.29) is 0 Å². The Kier molecular flexibility index (Phi) is 19.7. The predicted octanol–water partition coefficient (Wildman–Crippen LogP) is 8.47. The van der Waals surface area contributed by atoms with E-state index >= 15 is 0 Å². The Labute approximate surface area is 199 Å². The fourth-order valence-corrected chi connectivity index (χ4v) is 4.41. The van der Waals surface area contributed by atoms with Crippen molar-refractivity contribution in [1.29, 1.82) is 0 Å². The van der Waals surface area contributed by atoms with E-state index in [0.717, 1.165) is 24.7 Å². The molecule has 0 heterocycles. The summed E-state index contributed by atoms with van der Waals surface area (Å²) in [6, 6.07) is 8.20. The molecule has 3 heteroatoms. The van der Waals surface area contributed by atoms with Crippen LogP contribution in [0.4, 0.5) is 0 Å². The third kappa shape index (κ3) is 16.6. The van der Waals surface area contributed by atoms with Crippen LogP contribution >= 0.6 is 0 Å². The van der Waals surface area contributed by atoms with Gasteiger partial charge in [-0.15, -0.1) is 0 Å². The van der Waals surface area contributed by atoms with Crippen LogP contribution in [0.3, 0.4) is 0 Å². The second-order valence-corrected chi connectivity index (χ2v) is 9.45. The van der Waals surface area contributed by atoms with Gasteiger partial charge in [0.1, 0.15) is 5.75 Å². The molecule has 0 aliphatic heterocycles. The van der Waals surface area contributed by atoms with Crippen molar-refractivity contribution in [3.63, 3.8) is 0 Å². The third-order valence-electron chi connectivity index (χ3n) is 6.58. The standard InChI is InChI=1S/C29H52O3/c1-3-4-5-6-8-11-14-17-27(18-15-12-9-7-10-13-16-24-30)23-25-32-26-28-19-21-29(31-2)22-20-28/h19-22,27,30H,3-18,23-26H2,1-2H3. The third-order valence-corrected chi connectivity index (χ3v) is 6.58. The molecule has 1 aromatic carbocycles. The van der Waals surface area contributed by atoms with E-state index in [4.69, 9.17) is 14.6 Å². The van der Waals surface area contributed by atoms with E-state index in [1.807, 2.05) is 12.1 Å². The molecule has 1 aromatic rings. The number of rotatable bonds is 23. The molecule has 1 N–H and O–H groups in total. The van der Waals surface area contributed by atoms with Crippen molar-refractivity contribution in [1.82, 2.24) is 0 Å². The summed E-state index contributed by atoms with van der Waals surface area (Å²) in [5.74, 6) is 1.72. The van der Waals surface area contributed by atoms with Crippen LogP contribution in [0.15, 0.2) is 24.3 Å². The first-order valence-electron chi connectivity index (χ1n) is 13.6. The van der Waals surface area contributed by atoms with Crippen molar-refractivity contribution in [2.45, 2.75) is 123 Å². The zero-order valence-corrected chi connectivity index (χ0v) is 21.3. The first-order valence-corrected chi connectivity index (χ1v) is 13.6. The minimum atomic E-state index is 0.348. The lowest BCUT2D eigenvalue weighted by molar-refractivity contribution is 0.104. The summed E-state index contributed by atoms with van der Waals surface area (Å²) in [5, 5.41) is 8.87. The molecular weight excluding hydrogens is 396 g/mol. The molecule has 1 rings (SSSR count). The van der Waals surface area contributed by atoms with E-state index < -0.39 is 0 Å². The van der Waals surface area contributed by atoms with Gasteiger partial charge >= 0.3 is 0 Å². The molecule has 3 nitrogen and oxygen atoms in total. The number of unbranched alkanes of at least 4 members (excludes halogenated alkanes) is 12. The molecule has 0 saturated carbocycles. The van der Waals surface area contributed by atoms with Crippen LogP contribution in [0.25, 0.3) is 0 Å². The van der Waals surface area contributed by atoms with Gasteiger partial charge in [0.15, 0.2) is 0 Å². The normalized spacial score (nSPS) is 12.2. The summed E-state index contributed by atoms with van der Waals surface area (Å²) in [4.78, 5) is 0. The van der Waals surface area contributed by atoms with Crippen LogP contribution in [0.5, 0.6) is 5.75 Å². The first-order chi connectivity index (χ1) is 15.8. The van der Waals surface area contributed by atoms with Gasteiger partial charge in [0, 0.05) is 13.2 Å². The van der Waals surface area contributed by atoms with Gasteiger partial charge in [0.05, 0.1) is 13.7 Å². The monoisotopic (exact) mass is 448 g/mol. The summed E-state index contributed by atoms with van der Waals surface area (Å²) in [6.07, 6.45) is 22.5. The second kappa shape index (κ2) is 21.8. The van der Waals surface area contributed by atoms with Crippen molar-refractivity contribution in [3.05, 3.63) is 29.8 Å². The molecule has 32 heavy (non-hydrogen) atoms. The lowest BCUT2D eigenvalue weighted by atomic mass is 9.91. The van der Waals surface area contributed by atoms with Gasteiger partial charge in [-0.25, -0.2) is 0 Å². The Morgan fingerprint density at radius 1 is 0.688 bits per heavy atom. The average molecular weight is 449 g/mol. The van der Waals surface area contributed by atoms with Crippen molar-refractivity contribution >= 4 is 0 Å². The Balaban J connectivity index is 2.21. The van der Waals surface area contributed by atoms with Crippen LogP contribution in [-0.2, 0) is 11.3 Å². The molecule has 0 radical (unpaired) electrons. The molecule has 0 amide bonds. The van der Waals surface area contributed by atoms with Crippen LogP contribution in [-0.4, -0.2) is 25.4 Å². The Morgan fingerprint density at radius 3 is 1.75 bits per heavy atom. The number of hydrogen-bond acceptors (Lipinski definition) is 3. The highest BCUT2D eigenvalue weighted by Gasteiger charge is 2.09. The van der Waals surface area contributed by atoms with E-state index in [2.05, 4.69) is 19.1 Å². The average Bonchev–Trinajstić information content (AvgIpc) is 2.82. The fraction of sp³-hybridized carbons (Fsp3) is 0.793. The number of aliphatic hydroxyl groups excluding tert-OH is 1. The number of hydrogen-bond donors (Lipinski definition) is 1. The van der Waals surface area contributed by atoms with Crippen molar-refractivity contribution in [3.8, 4) is 5.75 Å². The van der Waals surface area contributed by atoms with Gasteiger partial charge in [-0.05, 0) is 36.5 Å². The smallest absolute Gasteiger partial charge is 0.118 e. The quantitative estimate of drug-likeness (QED) is 0.171. The Hall–Kier alpha value is -1.06. The van der Waals surface area contributed by atoms with E-state index in [1.165, 1.54) is 108 Å². The minimum Gasteiger partial charge on any atom is -0.497 e. The molecule has 0 spiro atoms. The van der Waals surface area contributed by atoms with Gasteiger partial charge in [0.2, 0.25) is 0 Å². The predicted molar refractivity (Wildman–Crippen MR) is 137 cm³/mol. The topological polar surface area (TPSA) is 38.7 Å². The first kappa shape index (κ1) is 29.0. The van der Waals surface area contributed by atoms with E-state index in [1.54, 1.807) is 7.11 Å². The fourth-order valence-electron chi connectivity index (χ4n) is 4.41. The van der Waals surface area contributed by atoms with Gasteiger partial charge in [-0.1, -0.05) is 115 Å². The molecule has 0 bridgehead atoms. The molecule has 0 aliphatic rings. The summed E-state index contributed by atoms with van der Waals surface area (Å²) >= 11 is 0. The van der Waals surface area contributed by atoms with Gasteiger partial charge < -0.3 is 14.6 Å². The highest BCUT2D eigenvalue weighted by Crippen LogP contribution is 2.23. The van der Waals surface area contributed by atoms with Crippen LogP contribution < -0.4 is 4.74 Å². The molecule has 0 fully saturated rings. The van der Waals surface area contributed by atoms with Gasteiger partial charge in [-0.3, -0.25) is 0 Å². The number of ether oxygens (including phenoxy) is 2. The lowest BCUT2D eigenvalue weighted by Gasteiger charge is -2.17. The summed E-state index contributed by atoms with van der Waals surface area (Å²) in [5.41, 5.74) is 1.22. The molecule has 1 unspecified atom stereocenters. The van der Waals surface area contributed by atoms with Crippen molar-refractivity contribution in [2.75, 3.05) is 20.3 Å². The lowest BCUT2D eigenvalue weighted by Crippen LogP contribution is -2.06. The Bertz CT molecular complexity index is 500. The van der Waals surface area contributed by atoms with Gasteiger partial charge in [-0.2, -0.15) is 0 Å². The van der Waals surface area contributed by atoms with E-state index in [0.29, 0.717) is 13.2 Å². The molecular formula is C29H52O3. The summed E-state index contributed by atoms with van der Waals surface area (Å²) < 4.78 is 11.2. The van der Waals surface area contributed by atoms with Gasteiger partial charge in [0.25, 0.3) is 0 Å². The zero-order chi connectivity index (χ0) is 23.1. The highest BCUT2D eigenvalue weighted by atomic mass is 16.5.